The number of carbonyl (C=O) groups excluding carboxylic acids is 3. The molecule has 1 aromatic rings. The first-order valence-corrected chi connectivity index (χ1v) is 8.14. The van der Waals surface area contributed by atoms with Gasteiger partial charge in [-0.25, -0.2) is 4.39 Å². The summed E-state index contributed by atoms with van der Waals surface area (Å²) in [6.07, 6.45) is 1.72. The van der Waals surface area contributed by atoms with Crippen LogP contribution in [0.5, 0.6) is 0 Å². The lowest BCUT2D eigenvalue weighted by Gasteiger charge is -2.26. The van der Waals surface area contributed by atoms with Crippen molar-refractivity contribution < 1.29 is 18.8 Å². The van der Waals surface area contributed by atoms with Crippen molar-refractivity contribution in [1.29, 1.82) is 0 Å². The van der Waals surface area contributed by atoms with Gasteiger partial charge in [0.15, 0.2) is 0 Å². The van der Waals surface area contributed by atoms with E-state index < -0.39 is 6.04 Å². The maximum absolute atomic E-state index is 14.3. The first kappa shape index (κ1) is 16.6. The van der Waals surface area contributed by atoms with Gasteiger partial charge in [0.2, 0.25) is 11.8 Å². The van der Waals surface area contributed by atoms with E-state index in [0.717, 1.165) is 0 Å². The van der Waals surface area contributed by atoms with Gasteiger partial charge in [-0.15, -0.1) is 0 Å². The Balaban J connectivity index is 1.61. The molecule has 6 nitrogen and oxygen atoms in total. The largest absolute Gasteiger partial charge is 0.374 e. The number of nitrogens with zero attached hydrogens (tertiary/aromatic N) is 1. The molecule has 2 amide bonds. The third-order valence-electron chi connectivity index (χ3n) is 4.44. The maximum atomic E-state index is 14.3. The van der Waals surface area contributed by atoms with Crippen molar-refractivity contribution in [2.24, 2.45) is 0 Å². The first-order valence-electron chi connectivity index (χ1n) is 8.14. The number of piperidine rings is 2. The fourth-order valence-corrected chi connectivity index (χ4v) is 3.00. The minimum absolute atomic E-state index is 0.260. The number of hydrogen-bond acceptors (Lipinski definition) is 5. The monoisotopic (exact) mass is 333 g/mol. The fourth-order valence-electron chi connectivity index (χ4n) is 3.00. The highest BCUT2D eigenvalue weighted by molar-refractivity contribution is 6.01. The van der Waals surface area contributed by atoms with E-state index in [1.165, 1.54) is 6.07 Å². The number of nitrogens with one attached hydrogen (secondary N) is 2. The SMILES string of the molecule is O=C1CCN(Cc2ccc(NC3CCC(=O)NC3=O)cc2F)CC1. The van der Waals surface area contributed by atoms with Crippen molar-refractivity contribution in [1.82, 2.24) is 10.2 Å². The summed E-state index contributed by atoms with van der Waals surface area (Å²) in [6, 6.07) is 4.27. The number of imide groups is 1. The van der Waals surface area contributed by atoms with Gasteiger partial charge < -0.3 is 5.32 Å². The molecule has 0 aliphatic carbocycles. The summed E-state index contributed by atoms with van der Waals surface area (Å²) >= 11 is 0. The van der Waals surface area contributed by atoms with Gasteiger partial charge in [0, 0.05) is 50.1 Å². The lowest BCUT2D eigenvalue weighted by Crippen LogP contribution is -2.47. The van der Waals surface area contributed by atoms with Gasteiger partial charge in [0.25, 0.3) is 0 Å². The van der Waals surface area contributed by atoms with E-state index in [4.69, 9.17) is 0 Å². The molecular weight excluding hydrogens is 313 g/mol. The quantitative estimate of drug-likeness (QED) is 0.810. The molecular formula is C17H20FN3O3. The average molecular weight is 333 g/mol. The summed E-state index contributed by atoms with van der Waals surface area (Å²) < 4.78 is 14.3. The molecule has 1 unspecified atom stereocenters. The Morgan fingerprint density at radius 3 is 2.58 bits per heavy atom. The van der Waals surface area contributed by atoms with Crippen LogP contribution in [0.3, 0.4) is 0 Å². The van der Waals surface area contributed by atoms with Gasteiger partial charge in [-0.1, -0.05) is 6.07 Å². The molecule has 1 aromatic carbocycles. The Labute approximate surface area is 139 Å². The predicted molar refractivity (Wildman–Crippen MR) is 85.7 cm³/mol. The van der Waals surface area contributed by atoms with Gasteiger partial charge >= 0.3 is 0 Å². The Hall–Kier alpha value is -2.28. The number of likely N-dealkylation sites (tertiary alicyclic amines) is 1. The van der Waals surface area contributed by atoms with Crippen LogP contribution < -0.4 is 10.6 Å². The highest BCUT2D eigenvalue weighted by atomic mass is 19.1. The minimum atomic E-state index is -0.527. The Morgan fingerprint density at radius 2 is 1.92 bits per heavy atom. The zero-order valence-corrected chi connectivity index (χ0v) is 13.3. The smallest absolute Gasteiger partial charge is 0.249 e. The summed E-state index contributed by atoms with van der Waals surface area (Å²) in [4.78, 5) is 36.2. The van der Waals surface area contributed by atoms with E-state index in [0.29, 0.717) is 50.1 Å². The molecule has 1 atom stereocenters. The summed E-state index contributed by atoms with van der Waals surface area (Å²) in [7, 11) is 0. The molecule has 24 heavy (non-hydrogen) atoms. The zero-order valence-electron chi connectivity index (χ0n) is 13.3. The first-order chi connectivity index (χ1) is 11.5. The molecule has 0 bridgehead atoms. The van der Waals surface area contributed by atoms with Gasteiger partial charge in [-0.2, -0.15) is 0 Å². The second-order valence-electron chi connectivity index (χ2n) is 6.27. The third-order valence-corrected chi connectivity index (χ3v) is 4.44. The fraction of sp³-hybridized carbons (Fsp3) is 0.471. The summed E-state index contributed by atoms with van der Waals surface area (Å²) in [5.74, 6) is -0.743. The molecule has 0 saturated carbocycles. The van der Waals surface area contributed by atoms with E-state index in [1.54, 1.807) is 12.1 Å². The van der Waals surface area contributed by atoms with E-state index in [-0.39, 0.29) is 29.8 Å². The van der Waals surface area contributed by atoms with Crippen LogP contribution in [0.4, 0.5) is 10.1 Å². The molecule has 128 valence electrons. The van der Waals surface area contributed by atoms with Crippen molar-refractivity contribution in [2.45, 2.75) is 38.3 Å². The highest BCUT2D eigenvalue weighted by Crippen LogP contribution is 2.20. The molecule has 2 N–H and O–H groups in total. The van der Waals surface area contributed by atoms with E-state index in [2.05, 4.69) is 15.5 Å². The van der Waals surface area contributed by atoms with Crippen molar-refractivity contribution >= 4 is 23.3 Å². The minimum Gasteiger partial charge on any atom is -0.374 e. The number of rotatable bonds is 4. The van der Waals surface area contributed by atoms with Gasteiger partial charge in [0.1, 0.15) is 17.6 Å². The number of halogens is 1. The molecule has 0 radical (unpaired) electrons. The van der Waals surface area contributed by atoms with Crippen molar-refractivity contribution in [2.75, 3.05) is 18.4 Å². The Bertz CT molecular complexity index is 667. The van der Waals surface area contributed by atoms with Crippen LogP contribution >= 0.6 is 0 Å². The molecule has 2 aliphatic rings. The lowest BCUT2D eigenvalue weighted by atomic mass is 10.1. The van der Waals surface area contributed by atoms with Crippen molar-refractivity contribution in [3.8, 4) is 0 Å². The molecule has 2 heterocycles. The van der Waals surface area contributed by atoms with Crippen molar-refractivity contribution in [3.63, 3.8) is 0 Å². The van der Waals surface area contributed by atoms with Crippen LogP contribution in [-0.4, -0.2) is 41.6 Å². The standard InChI is InChI=1S/C17H20FN3O3/c18-14-9-12(19-15-3-4-16(23)20-17(15)24)2-1-11(14)10-21-7-5-13(22)6-8-21/h1-2,9,15,19H,3-8,10H2,(H,20,23,24). The molecule has 2 saturated heterocycles. The Kier molecular flexibility index (Phi) is 4.89. The van der Waals surface area contributed by atoms with E-state index in [9.17, 15) is 18.8 Å². The highest BCUT2D eigenvalue weighted by Gasteiger charge is 2.26. The predicted octanol–water partition coefficient (Wildman–Crippen LogP) is 1.21. The van der Waals surface area contributed by atoms with Gasteiger partial charge in [0.05, 0.1) is 0 Å². The Morgan fingerprint density at radius 1 is 1.17 bits per heavy atom. The normalized spacial score (nSPS) is 22.4. The molecule has 2 aliphatic heterocycles. The van der Waals surface area contributed by atoms with Gasteiger partial charge in [-0.05, 0) is 18.6 Å². The second-order valence-corrected chi connectivity index (χ2v) is 6.27. The molecule has 0 spiro atoms. The molecule has 3 rings (SSSR count). The topological polar surface area (TPSA) is 78.5 Å². The third kappa shape index (κ3) is 3.97. The van der Waals surface area contributed by atoms with Crippen LogP contribution in [0.15, 0.2) is 18.2 Å². The zero-order chi connectivity index (χ0) is 17.1. The van der Waals surface area contributed by atoms with Crippen LogP contribution in [0.1, 0.15) is 31.2 Å². The number of anilines is 1. The summed E-state index contributed by atoms with van der Waals surface area (Å²) in [5.41, 5.74) is 1.08. The number of hydrogen-bond donors (Lipinski definition) is 2. The average Bonchev–Trinajstić information content (AvgIpc) is 2.55. The number of Topliss-reactive ketones (excluding diaryl/α,β-unsaturated/α-hetero) is 1. The van der Waals surface area contributed by atoms with Crippen LogP contribution in [-0.2, 0) is 20.9 Å². The maximum Gasteiger partial charge on any atom is 0.249 e. The molecule has 2 fully saturated rings. The van der Waals surface area contributed by atoms with Crippen LogP contribution in [0.25, 0.3) is 0 Å². The summed E-state index contributed by atoms with van der Waals surface area (Å²) in [6.45, 7) is 1.79. The van der Waals surface area contributed by atoms with Crippen LogP contribution in [0.2, 0.25) is 0 Å². The van der Waals surface area contributed by atoms with Gasteiger partial charge in [-0.3, -0.25) is 24.6 Å². The number of benzene rings is 1. The molecule has 0 aromatic heterocycles. The summed E-state index contributed by atoms with van der Waals surface area (Å²) in [5, 5.41) is 5.23. The number of ketones is 1. The molecule has 7 heteroatoms. The number of carbonyl (C=O) groups is 3. The van der Waals surface area contributed by atoms with E-state index in [1.807, 2.05) is 0 Å². The van der Waals surface area contributed by atoms with Crippen molar-refractivity contribution in [3.05, 3.63) is 29.6 Å². The van der Waals surface area contributed by atoms with Crippen LogP contribution in [0, 0.1) is 5.82 Å². The van der Waals surface area contributed by atoms with E-state index >= 15 is 0 Å². The lowest BCUT2D eigenvalue weighted by molar-refractivity contribution is -0.133. The number of amides is 2. The second kappa shape index (κ2) is 7.09.